The van der Waals surface area contributed by atoms with Crippen LogP contribution in [0.5, 0.6) is 0 Å². The molecule has 1 aromatic heterocycles. The summed E-state index contributed by atoms with van der Waals surface area (Å²) in [6.07, 6.45) is 9.35. The maximum absolute atomic E-state index is 4.23. The van der Waals surface area contributed by atoms with Crippen LogP contribution < -0.4 is 5.32 Å². The molecule has 2 rings (SSSR count). The van der Waals surface area contributed by atoms with Gasteiger partial charge in [0.15, 0.2) is 0 Å². The van der Waals surface area contributed by atoms with Gasteiger partial charge in [0.2, 0.25) is 0 Å². The van der Waals surface area contributed by atoms with Crippen molar-refractivity contribution in [3.63, 3.8) is 0 Å². The average molecular weight is 260 g/mol. The van der Waals surface area contributed by atoms with Crippen molar-refractivity contribution < 1.29 is 0 Å². The SMILES string of the molecule is Cc1cncc(NCC2CCC(C(C)(C)C)CC2)c1. The van der Waals surface area contributed by atoms with Gasteiger partial charge >= 0.3 is 0 Å². The third kappa shape index (κ3) is 4.22. The van der Waals surface area contributed by atoms with Crippen LogP contribution in [0.25, 0.3) is 0 Å². The van der Waals surface area contributed by atoms with Gasteiger partial charge in [-0.1, -0.05) is 20.8 Å². The molecule has 1 fully saturated rings. The van der Waals surface area contributed by atoms with E-state index < -0.39 is 0 Å². The summed E-state index contributed by atoms with van der Waals surface area (Å²) in [6.45, 7) is 10.3. The number of nitrogens with zero attached hydrogens (tertiary/aromatic N) is 1. The first-order chi connectivity index (χ1) is 8.95. The van der Waals surface area contributed by atoms with Crippen LogP contribution in [0.4, 0.5) is 5.69 Å². The minimum Gasteiger partial charge on any atom is -0.384 e. The summed E-state index contributed by atoms with van der Waals surface area (Å²) in [6, 6.07) is 2.17. The summed E-state index contributed by atoms with van der Waals surface area (Å²) in [7, 11) is 0. The maximum Gasteiger partial charge on any atom is 0.0529 e. The van der Waals surface area contributed by atoms with Gasteiger partial charge in [0.25, 0.3) is 0 Å². The fraction of sp³-hybridized carbons (Fsp3) is 0.706. The Morgan fingerprint density at radius 3 is 2.42 bits per heavy atom. The fourth-order valence-electron chi connectivity index (χ4n) is 3.15. The molecule has 19 heavy (non-hydrogen) atoms. The molecule has 1 heterocycles. The number of rotatable bonds is 3. The normalized spacial score (nSPS) is 24.2. The number of nitrogens with one attached hydrogen (secondary N) is 1. The molecular formula is C17H28N2. The predicted molar refractivity (Wildman–Crippen MR) is 82.4 cm³/mol. The molecule has 2 heteroatoms. The fourth-order valence-corrected chi connectivity index (χ4v) is 3.15. The minimum atomic E-state index is 0.485. The predicted octanol–water partition coefficient (Wildman–Crippen LogP) is 4.65. The average Bonchev–Trinajstić information content (AvgIpc) is 2.36. The molecule has 0 spiro atoms. The van der Waals surface area contributed by atoms with Crippen LogP contribution in [-0.2, 0) is 0 Å². The molecule has 1 aromatic rings. The van der Waals surface area contributed by atoms with Gasteiger partial charge in [-0.15, -0.1) is 0 Å². The molecule has 0 bridgehead atoms. The Morgan fingerprint density at radius 2 is 1.84 bits per heavy atom. The summed E-state index contributed by atoms with van der Waals surface area (Å²) < 4.78 is 0. The summed E-state index contributed by atoms with van der Waals surface area (Å²) in [5.41, 5.74) is 2.87. The third-order valence-corrected chi connectivity index (χ3v) is 4.54. The van der Waals surface area contributed by atoms with Crippen molar-refractivity contribution in [3.05, 3.63) is 24.0 Å². The van der Waals surface area contributed by atoms with Crippen molar-refractivity contribution in [1.82, 2.24) is 4.98 Å². The van der Waals surface area contributed by atoms with Crippen LogP contribution in [-0.4, -0.2) is 11.5 Å². The number of aromatic nitrogens is 1. The van der Waals surface area contributed by atoms with Crippen molar-refractivity contribution in [2.75, 3.05) is 11.9 Å². The lowest BCUT2D eigenvalue weighted by Gasteiger charge is -2.37. The highest BCUT2D eigenvalue weighted by molar-refractivity contribution is 5.42. The van der Waals surface area contributed by atoms with E-state index in [9.17, 15) is 0 Å². The largest absolute Gasteiger partial charge is 0.384 e. The molecule has 0 unspecified atom stereocenters. The molecule has 0 amide bonds. The second-order valence-electron chi connectivity index (χ2n) is 7.22. The molecule has 1 saturated carbocycles. The van der Waals surface area contributed by atoms with Crippen LogP contribution in [0.1, 0.15) is 52.0 Å². The molecule has 106 valence electrons. The highest BCUT2D eigenvalue weighted by atomic mass is 14.9. The van der Waals surface area contributed by atoms with Gasteiger partial charge in [-0.05, 0) is 61.5 Å². The van der Waals surface area contributed by atoms with Gasteiger partial charge in [-0.3, -0.25) is 4.98 Å². The maximum atomic E-state index is 4.23. The zero-order valence-electron chi connectivity index (χ0n) is 12.9. The molecule has 2 nitrogen and oxygen atoms in total. The second-order valence-corrected chi connectivity index (χ2v) is 7.22. The van der Waals surface area contributed by atoms with E-state index >= 15 is 0 Å². The zero-order chi connectivity index (χ0) is 13.9. The number of anilines is 1. The Hall–Kier alpha value is -1.05. The molecule has 0 aliphatic heterocycles. The van der Waals surface area contributed by atoms with E-state index in [1.54, 1.807) is 0 Å². The molecule has 1 aliphatic carbocycles. The van der Waals surface area contributed by atoms with Crippen LogP contribution in [0.15, 0.2) is 18.5 Å². The third-order valence-electron chi connectivity index (χ3n) is 4.54. The molecule has 1 aliphatic rings. The summed E-state index contributed by atoms with van der Waals surface area (Å²) in [4.78, 5) is 4.23. The Morgan fingerprint density at radius 1 is 1.16 bits per heavy atom. The standard InChI is InChI=1S/C17H28N2/c1-13-9-16(12-18-10-13)19-11-14-5-7-15(8-6-14)17(2,3)4/h9-10,12,14-15,19H,5-8,11H2,1-4H3. The Bertz CT molecular complexity index is 398. The monoisotopic (exact) mass is 260 g/mol. The minimum absolute atomic E-state index is 0.485. The summed E-state index contributed by atoms with van der Waals surface area (Å²) in [5, 5.41) is 3.55. The molecule has 0 aromatic carbocycles. The van der Waals surface area contributed by atoms with Crippen molar-refractivity contribution >= 4 is 5.69 Å². The van der Waals surface area contributed by atoms with Gasteiger partial charge < -0.3 is 5.32 Å². The van der Waals surface area contributed by atoms with E-state index in [2.05, 4.69) is 44.1 Å². The van der Waals surface area contributed by atoms with Crippen LogP contribution in [0, 0.1) is 24.2 Å². The highest BCUT2D eigenvalue weighted by Crippen LogP contribution is 2.39. The first-order valence-corrected chi connectivity index (χ1v) is 7.60. The number of pyridine rings is 1. The number of hydrogen-bond acceptors (Lipinski definition) is 2. The highest BCUT2D eigenvalue weighted by Gasteiger charge is 2.29. The first-order valence-electron chi connectivity index (χ1n) is 7.60. The van der Waals surface area contributed by atoms with E-state index in [1.807, 2.05) is 12.4 Å². The smallest absolute Gasteiger partial charge is 0.0529 e. The summed E-state index contributed by atoms with van der Waals surface area (Å²) in [5.74, 6) is 1.74. The molecular weight excluding hydrogens is 232 g/mol. The number of hydrogen-bond donors (Lipinski definition) is 1. The van der Waals surface area contributed by atoms with Crippen molar-refractivity contribution in [3.8, 4) is 0 Å². The Kier molecular flexibility index (Phi) is 4.49. The molecule has 0 saturated heterocycles. The zero-order valence-corrected chi connectivity index (χ0v) is 12.9. The lowest BCUT2D eigenvalue weighted by Crippen LogP contribution is -2.28. The van der Waals surface area contributed by atoms with Gasteiger partial charge in [-0.2, -0.15) is 0 Å². The summed E-state index contributed by atoms with van der Waals surface area (Å²) >= 11 is 0. The van der Waals surface area contributed by atoms with Crippen LogP contribution in [0.3, 0.4) is 0 Å². The second kappa shape index (κ2) is 5.94. The van der Waals surface area contributed by atoms with Gasteiger partial charge in [0.05, 0.1) is 5.69 Å². The van der Waals surface area contributed by atoms with Crippen LogP contribution in [0.2, 0.25) is 0 Å². The van der Waals surface area contributed by atoms with E-state index in [0.29, 0.717) is 5.41 Å². The molecule has 0 radical (unpaired) electrons. The quantitative estimate of drug-likeness (QED) is 0.855. The van der Waals surface area contributed by atoms with Crippen molar-refractivity contribution in [1.29, 1.82) is 0 Å². The Labute approximate surface area is 118 Å². The van der Waals surface area contributed by atoms with Gasteiger partial charge in [0, 0.05) is 18.9 Å². The first kappa shape index (κ1) is 14.4. The van der Waals surface area contributed by atoms with E-state index in [-0.39, 0.29) is 0 Å². The molecule has 0 atom stereocenters. The van der Waals surface area contributed by atoms with Crippen molar-refractivity contribution in [2.24, 2.45) is 17.3 Å². The lowest BCUT2D eigenvalue weighted by molar-refractivity contribution is 0.153. The van der Waals surface area contributed by atoms with E-state index in [1.165, 1.54) is 31.2 Å². The Balaban J connectivity index is 1.77. The van der Waals surface area contributed by atoms with E-state index in [4.69, 9.17) is 0 Å². The van der Waals surface area contributed by atoms with Gasteiger partial charge in [0.1, 0.15) is 0 Å². The molecule has 1 N–H and O–H groups in total. The number of aryl methyl sites for hydroxylation is 1. The van der Waals surface area contributed by atoms with Crippen molar-refractivity contribution in [2.45, 2.75) is 53.4 Å². The van der Waals surface area contributed by atoms with E-state index in [0.717, 1.165) is 24.1 Å². The topological polar surface area (TPSA) is 24.9 Å². The van der Waals surface area contributed by atoms with Gasteiger partial charge in [-0.25, -0.2) is 0 Å². The lowest BCUT2D eigenvalue weighted by atomic mass is 9.70. The van der Waals surface area contributed by atoms with Crippen LogP contribution >= 0.6 is 0 Å².